The lowest BCUT2D eigenvalue weighted by molar-refractivity contribution is 0.0948. The second-order valence-corrected chi connectivity index (χ2v) is 6.33. The van der Waals surface area contributed by atoms with Crippen molar-refractivity contribution in [3.63, 3.8) is 0 Å². The van der Waals surface area contributed by atoms with Crippen molar-refractivity contribution < 1.29 is 4.79 Å². The normalized spacial score (nSPS) is 11.3. The van der Waals surface area contributed by atoms with Gasteiger partial charge in [-0.25, -0.2) is 10.4 Å². The fourth-order valence-electron chi connectivity index (χ4n) is 2.45. The van der Waals surface area contributed by atoms with E-state index in [0.29, 0.717) is 11.4 Å². The first-order valence-corrected chi connectivity index (χ1v) is 8.74. The lowest BCUT2D eigenvalue weighted by atomic mass is 10.2. The predicted molar refractivity (Wildman–Crippen MR) is 97.9 cm³/mol. The number of imidazole rings is 1. The summed E-state index contributed by atoms with van der Waals surface area (Å²) in [7, 11) is 0. The van der Waals surface area contributed by atoms with Crippen LogP contribution in [0.25, 0.3) is 5.65 Å². The molecule has 1 N–H and O–H groups in total. The Morgan fingerprint density at radius 2 is 1.96 bits per heavy atom. The maximum Gasteiger partial charge on any atom is 0.290 e. The number of thioether (sulfide) groups is 1. The summed E-state index contributed by atoms with van der Waals surface area (Å²) >= 11 is 1.68. The average Bonchev–Trinajstić information content (AvgIpc) is 2.90. The Morgan fingerprint density at radius 1 is 1.21 bits per heavy atom. The molecule has 3 aromatic rings. The van der Waals surface area contributed by atoms with Crippen molar-refractivity contribution in [2.75, 3.05) is 6.26 Å². The van der Waals surface area contributed by atoms with Crippen molar-refractivity contribution >= 4 is 29.5 Å². The van der Waals surface area contributed by atoms with Crippen LogP contribution in [0.5, 0.6) is 0 Å². The molecule has 1 amide bonds. The van der Waals surface area contributed by atoms with E-state index < -0.39 is 0 Å². The first kappa shape index (κ1) is 16.3. The largest absolute Gasteiger partial charge is 0.295 e. The molecular formula is C18H18N4OS. The lowest BCUT2D eigenvalue weighted by Crippen LogP contribution is -2.20. The summed E-state index contributed by atoms with van der Waals surface area (Å²) in [6, 6.07) is 11.8. The molecule has 0 aliphatic heterocycles. The Balaban J connectivity index is 1.78. The standard InChI is InChI=1S/C18H18N4OS/c1-12-4-9-16-20-13(2)17(22(16)11-12)18(23)21-19-10-14-5-7-15(24-3)8-6-14/h4-11H,1-3H3,(H,21,23)/b19-10-. The number of hydrazone groups is 1. The summed E-state index contributed by atoms with van der Waals surface area (Å²) in [6.45, 7) is 3.80. The highest BCUT2D eigenvalue weighted by Gasteiger charge is 2.15. The molecule has 2 heterocycles. The number of nitrogens with zero attached hydrogens (tertiary/aromatic N) is 3. The first-order valence-electron chi connectivity index (χ1n) is 7.51. The Bertz CT molecular complexity index is 913. The van der Waals surface area contributed by atoms with Crippen molar-refractivity contribution in [3.8, 4) is 0 Å². The third-order valence-electron chi connectivity index (χ3n) is 3.65. The topological polar surface area (TPSA) is 58.8 Å². The quantitative estimate of drug-likeness (QED) is 0.450. The van der Waals surface area contributed by atoms with Gasteiger partial charge in [-0.3, -0.25) is 9.20 Å². The van der Waals surface area contributed by atoms with Gasteiger partial charge in [-0.2, -0.15) is 5.10 Å². The van der Waals surface area contributed by atoms with Gasteiger partial charge in [-0.05, 0) is 49.4 Å². The van der Waals surface area contributed by atoms with Crippen LogP contribution in [0, 0.1) is 13.8 Å². The average molecular weight is 338 g/mol. The van der Waals surface area contributed by atoms with E-state index >= 15 is 0 Å². The van der Waals surface area contributed by atoms with Crippen molar-refractivity contribution in [2.24, 2.45) is 5.10 Å². The third kappa shape index (κ3) is 3.33. The molecule has 122 valence electrons. The van der Waals surface area contributed by atoms with Crippen LogP contribution >= 0.6 is 11.8 Å². The number of rotatable bonds is 4. The molecule has 0 fully saturated rings. The number of benzene rings is 1. The summed E-state index contributed by atoms with van der Waals surface area (Å²) < 4.78 is 1.79. The van der Waals surface area contributed by atoms with E-state index in [0.717, 1.165) is 16.8 Å². The maximum atomic E-state index is 12.5. The molecule has 5 nitrogen and oxygen atoms in total. The Kier molecular flexibility index (Phi) is 4.66. The summed E-state index contributed by atoms with van der Waals surface area (Å²) in [4.78, 5) is 18.0. The highest BCUT2D eigenvalue weighted by molar-refractivity contribution is 7.98. The Hall–Kier alpha value is -2.60. The van der Waals surface area contributed by atoms with Gasteiger partial charge in [-0.15, -0.1) is 11.8 Å². The number of aromatic nitrogens is 2. The predicted octanol–water partition coefficient (Wildman–Crippen LogP) is 3.44. The molecule has 2 aromatic heterocycles. The summed E-state index contributed by atoms with van der Waals surface area (Å²) in [5, 5.41) is 4.05. The molecule has 0 atom stereocenters. The van der Waals surface area contributed by atoms with Gasteiger partial charge in [0.2, 0.25) is 0 Å². The number of amides is 1. The molecule has 3 rings (SSSR count). The van der Waals surface area contributed by atoms with E-state index in [1.165, 1.54) is 4.90 Å². The Morgan fingerprint density at radius 3 is 2.67 bits per heavy atom. The van der Waals surface area contributed by atoms with Crippen LogP contribution in [0.15, 0.2) is 52.6 Å². The van der Waals surface area contributed by atoms with E-state index in [4.69, 9.17) is 0 Å². The van der Waals surface area contributed by atoms with Crippen molar-refractivity contribution in [3.05, 3.63) is 65.1 Å². The van der Waals surface area contributed by atoms with Crippen LogP contribution in [0.3, 0.4) is 0 Å². The van der Waals surface area contributed by atoms with Crippen molar-refractivity contribution in [1.29, 1.82) is 0 Å². The number of pyridine rings is 1. The van der Waals surface area contributed by atoms with Crippen molar-refractivity contribution in [2.45, 2.75) is 18.7 Å². The van der Waals surface area contributed by atoms with Gasteiger partial charge >= 0.3 is 0 Å². The molecule has 1 aromatic carbocycles. The minimum Gasteiger partial charge on any atom is -0.295 e. The smallest absolute Gasteiger partial charge is 0.290 e. The zero-order valence-electron chi connectivity index (χ0n) is 13.8. The van der Waals surface area contributed by atoms with E-state index in [-0.39, 0.29) is 5.91 Å². The van der Waals surface area contributed by atoms with E-state index in [9.17, 15) is 4.79 Å². The van der Waals surface area contributed by atoms with Crippen LogP contribution in [-0.2, 0) is 0 Å². The molecule has 0 aliphatic carbocycles. The Labute approximate surface area is 144 Å². The van der Waals surface area contributed by atoms with Crippen LogP contribution in [-0.4, -0.2) is 27.8 Å². The molecule has 24 heavy (non-hydrogen) atoms. The highest BCUT2D eigenvalue weighted by Crippen LogP contribution is 2.14. The van der Waals surface area contributed by atoms with E-state index in [2.05, 4.69) is 15.5 Å². The van der Waals surface area contributed by atoms with Crippen molar-refractivity contribution in [1.82, 2.24) is 14.8 Å². The third-order valence-corrected chi connectivity index (χ3v) is 4.39. The second-order valence-electron chi connectivity index (χ2n) is 5.45. The zero-order chi connectivity index (χ0) is 17.1. The number of aryl methyl sites for hydroxylation is 2. The summed E-state index contributed by atoms with van der Waals surface area (Å²) in [6.07, 6.45) is 5.56. The SMILES string of the molecule is CSc1ccc(/C=N\NC(=O)c2c(C)nc3ccc(C)cn23)cc1. The van der Waals surface area contributed by atoms with Crippen LogP contribution < -0.4 is 5.43 Å². The summed E-state index contributed by atoms with van der Waals surface area (Å²) in [5.41, 5.74) is 6.50. The summed E-state index contributed by atoms with van der Waals surface area (Å²) in [5.74, 6) is -0.275. The van der Waals surface area contributed by atoms with Gasteiger partial charge < -0.3 is 0 Å². The van der Waals surface area contributed by atoms with Gasteiger partial charge in [0.15, 0.2) is 0 Å². The number of carbonyl (C=O) groups is 1. The van der Waals surface area contributed by atoms with Gasteiger partial charge in [0.1, 0.15) is 11.3 Å². The first-order chi connectivity index (χ1) is 11.6. The molecule has 0 saturated carbocycles. The van der Waals surface area contributed by atoms with Gasteiger partial charge in [0.25, 0.3) is 5.91 Å². The number of fused-ring (bicyclic) bond motifs is 1. The zero-order valence-corrected chi connectivity index (χ0v) is 14.6. The molecule has 0 saturated heterocycles. The maximum absolute atomic E-state index is 12.5. The van der Waals surface area contributed by atoms with Gasteiger partial charge in [-0.1, -0.05) is 18.2 Å². The molecule has 0 aliphatic rings. The van der Waals surface area contributed by atoms with Crippen LogP contribution in [0.4, 0.5) is 0 Å². The fraction of sp³-hybridized carbons (Fsp3) is 0.167. The monoisotopic (exact) mass is 338 g/mol. The molecular weight excluding hydrogens is 320 g/mol. The number of carbonyl (C=O) groups excluding carboxylic acids is 1. The van der Waals surface area contributed by atoms with Gasteiger partial charge in [0, 0.05) is 11.1 Å². The second kappa shape index (κ2) is 6.88. The molecule has 6 heteroatoms. The highest BCUT2D eigenvalue weighted by atomic mass is 32.2. The van der Waals surface area contributed by atoms with Crippen LogP contribution in [0.2, 0.25) is 0 Å². The van der Waals surface area contributed by atoms with E-state index in [1.807, 2.05) is 62.7 Å². The fourth-order valence-corrected chi connectivity index (χ4v) is 2.86. The van der Waals surface area contributed by atoms with Gasteiger partial charge in [0.05, 0.1) is 11.9 Å². The van der Waals surface area contributed by atoms with E-state index in [1.54, 1.807) is 22.4 Å². The number of hydrogen-bond donors (Lipinski definition) is 1. The number of nitrogens with one attached hydrogen (secondary N) is 1. The molecule has 0 radical (unpaired) electrons. The molecule has 0 unspecified atom stereocenters. The minimum atomic E-state index is -0.275. The molecule has 0 bridgehead atoms. The molecule has 0 spiro atoms. The van der Waals surface area contributed by atoms with Crippen LogP contribution in [0.1, 0.15) is 27.3 Å². The lowest BCUT2D eigenvalue weighted by Gasteiger charge is -2.03. The minimum absolute atomic E-state index is 0.275. The number of hydrogen-bond acceptors (Lipinski definition) is 4.